The number of benzene rings is 1. The zero-order chi connectivity index (χ0) is 13.1. The molecule has 2 atom stereocenters. The topological polar surface area (TPSA) is 47.3 Å². The second-order valence-corrected chi connectivity index (χ2v) is 6.54. The van der Waals surface area contributed by atoms with Crippen molar-refractivity contribution in [1.29, 1.82) is 0 Å². The van der Waals surface area contributed by atoms with Gasteiger partial charge in [0.05, 0.1) is 18.8 Å². The molecule has 3 rings (SSSR count). The van der Waals surface area contributed by atoms with E-state index < -0.39 is 0 Å². The molecule has 1 aromatic rings. The minimum atomic E-state index is 0.115. The van der Waals surface area contributed by atoms with Crippen LogP contribution >= 0.6 is 11.8 Å². The van der Waals surface area contributed by atoms with Gasteiger partial charge >= 0.3 is 0 Å². The molecule has 104 valence electrons. The quantitative estimate of drug-likeness (QED) is 0.656. The van der Waals surface area contributed by atoms with Gasteiger partial charge in [0.2, 0.25) is 0 Å². The molecule has 1 aromatic carbocycles. The first kappa shape index (κ1) is 13.4. The maximum Gasteiger partial charge on any atom is 0.0873 e. The number of nitrogens with two attached hydrogens (primary N) is 1. The summed E-state index contributed by atoms with van der Waals surface area (Å²) in [7, 11) is 0. The molecular weight excluding hydrogens is 256 g/mol. The molecule has 2 fully saturated rings. The molecule has 4 heteroatoms. The average Bonchev–Trinajstić information content (AvgIpc) is 2.41. The van der Waals surface area contributed by atoms with E-state index >= 15 is 0 Å². The Morgan fingerprint density at radius 2 is 2.16 bits per heavy atom. The Bertz CT molecular complexity index is 416. The lowest BCUT2D eigenvalue weighted by Gasteiger charge is -2.34. The molecule has 3 nitrogen and oxygen atoms in total. The normalized spacial score (nSPS) is 25.8. The zero-order valence-electron chi connectivity index (χ0n) is 11.2. The van der Waals surface area contributed by atoms with Gasteiger partial charge in [-0.05, 0) is 29.9 Å². The number of rotatable bonds is 4. The molecule has 1 saturated carbocycles. The van der Waals surface area contributed by atoms with Gasteiger partial charge in [-0.25, -0.2) is 0 Å². The van der Waals surface area contributed by atoms with Crippen LogP contribution in [0.2, 0.25) is 0 Å². The van der Waals surface area contributed by atoms with Gasteiger partial charge in [-0.1, -0.05) is 30.7 Å². The maximum absolute atomic E-state index is 5.91. The molecule has 0 spiro atoms. The minimum Gasteiger partial charge on any atom is -0.374 e. The van der Waals surface area contributed by atoms with Gasteiger partial charge in [0.25, 0.3) is 0 Å². The van der Waals surface area contributed by atoms with Crippen molar-refractivity contribution < 1.29 is 4.74 Å². The van der Waals surface area contributed by atoms with Crippen molar-refractivity contribution in [2.24, 2.45) is 5.84 Å². The lowest BCUT2D eigenvalue weighted by Crippen LogP contribution is -2.42. The van der Waals surface area contributed by atoms with Gasteiger partial charge in [0.15, 0.2) is 0 Å². The summed E-state index contributed by atoms with van der Waals surface area (Å²) in [5.41, 5.74) is 5.80. The fraction of sp³-hybridized carbons (Fsp3) is 0.600. The summed E-state index contributed by atoms with van der Waals surface area (Å²) >= 11 is 1.95. The third-order valence-electron chi connectivity index (χ3n) is 4.27. The molecule has 19 heavy (non-hydrogen) atoms. The smallest absolute Gasteiger partial charge is 0.0873 e. The summed E-state index contributed by atoms with van der Waals surface area (Å²) < 4.78 is 5.91. The summed E-state index contributed by atoms with van der Waals surface area (Å²) in [5.74, 6) is 8.67. The molecule has 0 bridgehead atoms. The number of thioether (sulfide) groups is 1. The van der Waals surface area contributed by atoms with Crippen LogP contribution in [0.5, 0.6) is 0 Å². The van der Waals surface area contributed by atoms with Gasteiger partial charge < -0.3 is 4.74 Å². The van der Waals surface area contributed by atoms with Crippen molar-refractivity contribution in [1.82, 2.24) is 5.43 Å². The molecule has 1 aliphatic carbocycles. The first-order chi connectivity index (χ1) is 9.40. The minimum absolute atomic E-state index is 0.115. The number of ether oxygens (including phenoxy) is 1. The van der Waals surface area contributed by atoms with Crippen LogP contribution in [0.4, 0.5) is 0 Å². The van der Waals surface area contributed by atoms with E-state index in [2.05, 4.69) is 29.7 Å². The van der Waals surface area contributed by atoms with E-state index in [0.29, 0.717) is 0 Å². The third kappa shape index (κ3) is 2.82. The van der Waals surface area contributed by atoms with Gasteiger partial charge in [0, 0.05) is 11.5 Å². The molecule has 1 saturated heterocycles. The predicted octanol–water partition coefficient (Wildman–Crippen LogP) is 2.59. The molecule has 3 N–H and O–H groups in total. The SMILES string of the molecule is NNC(c1ccccc1C1CCC1)C1CSCCO1. The number of hydrazine groups is 1. The Kier molecular flexibility index (Phi) is 4.43. The van der Waals surface area contributed by atoms with Crippen molar-refractivity contribution in [3.63, 3.8) is 0 Å². The average molecular weight is 278 g/mol. The van der Waals surface area contributed by atoms with Crippen LogP contribution in [0.1, 0.15) is 42.3 Å². The van der Waals surface area contributed by atoms with Crippen LogP contribution in [0.25, 0.3) is 0 Å². The molecule has 1 heterocycles. The molecule has 1 aliphatic heterocycles. The van der Waals surface area contributed by atoms with E-state index in [1.165, 1.54) is 30.4 Å². The van der Waals surface area contributed by atoms with E-state index in [9.17, 15) is 0 Å². The maximum atomic E-state index is 5.91. The summed E-state index contributed by atoms with van der Waals surface area (Å²) in [6.45, 7) is 0.832. The Morgan fingerprint density at radius 1 is 1.32 bits per heavy atom. The van der Waals surface area contributed by atoms with E-state index in [0.717, 1.165) is 24.0 Å². The van der Waals surface area contributed by atoms with Crippen LogP contribution in [0, 0.1) is 0 Å². The fourth-order valence-electron chi connectivity index (χ4n) is 2.98. The van der Waals surface area contributed by atoms with Crippen LogP contribution in [-0.4, -0.2) is 24.2 Å². The monoisotopic (exact) mass is 278 g/mol. The highest BCUT2D eigenvalue weighted by Crippen LogP contribution is 2.40. The first-order valence-corrected chi connectivity index (χ1v) is 8.30. The van der Waals surface area contributed by atoms with Gasteiger partial charge in [-0.15, -0.1) is 0 Å². The van der Waals surface area contributed by atoms with E-state index in [4.69, 9.17) is 10.6 Å². The summed E-state index contributed by atoms with van der Waals surface area (Å²) in [5, 5.41) is 0. The van der Waals surface area contributed by atoms with Crippen LogP contribution in [0.15, 0.2) is 24.3 Å². The molecule has 0 aromatic heterocycles. The Morgan fingerprint density at radius 3 is 2.79 bits per heavy atom. The van der Waals surface area contributed by atoms with Crippen molar-refractivity contribution in [3.05, 3.63) is 35.4 Å². The van der Waals surface area contributed by atoms with Crippen molar-refractivity contribution in [2.45, 2.75) is 37.3 Å². The lowest BCUT2D eigenvalue weighted by atomic mass is 9.77. The van der Waals surface area contributed by atoms with Crippen LogP contribution in [-0.2, 0) is 4.74 Å². The van der Waals surface area contributed by atoms with Crippen LogP contribution < -0.4 is 11.3 Å². The Labute approximate surface area is 119 Å². The van der Waals surface area contributed by atoms with E-state index in [-0.39, 0.29) is 12.1 Å². The summed E-state index contributed by atoms with van der Waals surface area (Å²) in [6.07, 6.45) is 4.17. The fourth-order valence-corrected chi connectivity index (χ4v) is 3.88. The van der Waals surface area contributed by atoms with Gasteiger partial charge in [0.1, 0.15) is 0 Å². The molecule has 0 amide bonds. The lowest BCUT2D eigenvalue weighted by molar-refractivity contribution is 0.0463. The van der Waals surface area contributed by atoms with Crippen LogP contribution in [0.3, 0.4) is 0 Å². The highest BCUT2D eigenvalue weighted by atomic mass is 32.2. The van der Waals surface area contributed by atoms with E-state index in [1.807, 2.05) is 11.8 Å². The Balaban J connectivity index is 1.85. The summed E-state index contributed by atoms with van der Waals surface area (Å²) in [4.78, 5) is 0. The van der Waals surface area contributed by atoms with Gasteiger partial charge in [-0.3, -0.25) is 11.3 Å². The largest absolute Gasteiger partial charge is 0.374 e. The second-order valence-electron chi connectivity index (χ2n) is 5.39. The number of nitrogens with one attached hydrogen (secondary N) is 1. The van der Waals surface area contributed by atoms with E-state index in [1.54, 1.807) is 0 Å². The molecular formula is C15H22N2OS. The first-order valence-electron chi connectivity index (χ1n) is 7.14. The highest BCUT2D eigenvalue weighted by molar-refractivity contribution is 7.99. The van der Waals surface area contributed by atoms with Crippen molar-refractivity contribution >= 4 is 11.8 Å². The summed E-state index contributed by atoms with van der Waals surface area (Å²) in [6, 6.07) is 8.84. The number of hydrogen-bond acceptors (Lipinski definition) is 4. The standard InChI is InChI=1S/C15H22N2OS/c16-17-15(14-10-19-9-8-18-14)13-7-2-1-6-12(13)11-4-3-5-11/h1-2,6-7,11,14-15,17H,3-5,8-10,16H2. The third-order valence-corrected chi connectivity index (χ3v) is 5.29. The van der Waals surface area contributed by atoms with Crippen molar-refractivity contribution in [3.8, 4) is 0 Å². The molecule has 2 aliphatic rings. The Hall–Kier alpha value is -0.550. The zero-order valence-corrected chi connectivity index (χ0v) is 12.0. The highest BCUT2D eigenvalue weighted by Gasteiger charge is 2.30. The predicted molar refractivity (Wildman–Crippen MR) is 80.2 cm³/mol. The van der Waals surface area contributed by atoms with Gasteiger partial charge in [-0.2, -0.15) is 11.8 Å². The molecule has 0 radical (unpaired) electrons. The molecule has 2 unspecified atom stereocenters. The second kappa shape index (κ2) is 6.27. The van der Waals surface area contributed by atoms with Crippen molar-refractivity contribution in [2.75, 3.05) is 18.1 Å². The number of hydrogen-bond donors (Lipinski definition) is 2.